The molecule has 2 rings (SSSR count). The number of benzene rings is 1. The number of hydrogen-bond acceptors (Lipinski definition) is 4. The fraction of sp³-hybridized carbons (Fsp3) is 0.400. The number of likely N-dealkylation sites (N-methyl/N-ethyl adjacent to an activating group) is 1. The lowest BCUT2D eigenvalue weighted by Gasteiger charge is -2.17. The lowest BCUT2D eigenvalue weighted by molar-refractivity contribution is 0.0954. The molecule has 114 valence electrons. The van der Waals surface area contributed by atoms with Crippen LogP contribution in [0, 0.1) is 5.82 Å². The van der Waals surface area contributed by atoms with E-state index in [2.05, 4.69) is 24.1 Å². The molecule has 1 heterocycles. The predicted molar refractivity (Wildman–Crippen MR) is 86.3 cm³/mol. The zero-order chi connectivity index (χ0) is 15.4. The van der Waals surface area contributed by atoms with Crippen molar-refractivity contribution in [3.63, 3.8) is 0 Å². The van der Waals surface area contributed by atoms with E-state index in [4.69, 9.17) is 5.73 Å². The van der Waals surface area contributed by atoms with Gasteiger partial charge in [-0.05, 0) is 25.2 Å². The molecule has 0 bridgehead atoms. The number of carbonyl (C=O) groups excluding carboxylic acids is 1. The number of nitrogens with two attached hydrogens (primary N) is 1. The number of amides is 1. The number of nitrogen functional groups attached to an aromatic ring is 1. The second kappa shape index (κ2) is 6.87. The fourth-order valence-corrected chi connectivity index (χ4v) is 3.30. The fourth-order valence-electron chi connectivity index (χ4n) is 2.25. The van der Waals surface area contributed by atoms with Gasteiger partial charge in [0, 0.05) is 17.8 Å². The topological polar surface area (TPSA) is 58.4 Å². The quantitative estimate of drug-likeness (QED) is 0.862. The maximum atomic E-state index is 13.8. The van der Waals surface area contributed by atoms with Crippen LogP contribution < -0.4 is 11.1 Å². The SMILES string of the molecule is CCN(CC)CCNC(=O)c1sc2cccc(F)c2c1N. The molecule has 0 spiro atoms. The molecule has 1 aromatic carbocycles. The first-order valence-electron chi connectivity index (χ1n) is 7.05. The second-order valence-corrected chi connectivity index (χ2v) is 5.79. The third kappa shape index (κ3) is 3.33. The average molecular weight is 309 g/mol. The van der Waals surface area contributed by atoms with Crippen LogP contribution in [-0.2, 0) is 0 Å². The molecule has 6 heteroatoms. The molecule has 3 N–H and O–H groups in total. The Labute approximate surface area is 127 Å². The van der Waals surface area contributed by atoms with Gasteiger partial charge in [-0.3, -0.25) is 4.79 Å². The monoisotopic (exact) mass is 309 g/mol. The van der Waals surface area contributed by atoms with E-state index in [0.717, 1.165) is 19.6 Å². The van der Waals surface area contributed by atoms with Crippen molar-refractivity contribution in [2.75, 3.05) is 31.9 Å². The zero-order valence-corrected chi connectivity index (χ0v) is 13.1. The lowest BCUT2D eigenvalue weighted by Crippen LogP contribution is -2.34. The van der Waals surface area contributed by atoms with Crippen LogP contribution in [0.1, 0.15) is 23.5 Å². The summed E-state index contributed by atoms with van der Waals surface area (Å²) in [6.07, 6.45) is 0. The Bertz CT molecular complexity index is 637. The van der Waals surface area contributed by atoms with E-state index in [0.29, 0.717) is 21.5 Å². The number of thiophene rings is 1. The van der Waals surface area contributed by atoms with Gasteiger partial charge in [-0.25, -0.2) is 4.39 Å². The first kappa shape index (κ1) is 15.7. The Morgan fingerprint density at radius 2 is 2.10 bits per heavy atom. The normalized spacial score (nSPS) is 11.2. The maximum absolute atomic E-state index is 13.8. The summed E-state index contributed by atoms with van der Waals surface area (Å²) in [7, 11) is 0. The number of rotatable bonds is 6. The van der Waals surface area contributed by atoms with E-state index < -0.39 is 0 Å². The molecule has 1 aromatic heterocycles. The first-order valence-corrected chi connectivity index (χ1v) is 7.87. The van der Waals surface area contributed by atoms with Gasteiger partial charge in [0.15, 0.2) is 0 Å². The van der Waals surface area contributed by atoms with Crippen LogP contribution in [0.3, 0.4) is 0 Å². The molecule has 0 radical (unpaired) electrons. The third-order valence-electron chi connectivity index (χ3n) is 3.52. The number of fused-ring (bicyclic) bond motifs is 1. The van der Waals surface area contributed by atoms with Crippen molar-refractivity contribution < 1.29 is 9.18 Å². The molecular weight excluding hydrogens is 289 g/mol. The summed E-state index contributed by atoms with van der Waals surface area (Å²) in [5.74, 6) is -0.622. The van der Waals surface area contributed by atoms with Crippen LogP contribution >= 0.6 is 11.3 Å². The number of nitrogens with zero attached hydrogens (tertiary/aromatic N) is 1. The summed E-state index contributed by atoms with van der Waals surface area (Å²) in [5, 5.41) is 3.19. The van der Waals surface area contributed by atoms with E-state index in [-0.39, 0.29) is 17.4 Å². The van der Waals surface area contributed by atoms with E-state index in [1.807, 2.05) is 0 Å². The van der Waals surface area contributed by atoms with E-state index in [1.165, 1.54) is 17.4 Å². The van der Waals surface area contributed by atoms with Gasteiger partial charge in [0.25, 0.3) is 5.91 Å². The molecule has 0 fully saturated rings. The first-order chi connectivity index (χ1) is 10.1. The van der Waals surface area contributed by atoms with Gasteiger partial charge in [-0.1, -0.05) is 19.9 Å². The van der Waals surface area contributed by atoms with Gasteiger partial charge in [0.1, 0.15) is 10.7 Å². The third-order valence-corrected chi connectivity index (χ3v) is 4.69. The van der Waals surface area contributed by atoms with Crippen molar-refractivity contribution in [2.45, 2.75) is 13.8 Å². The predicted octanol–water partition coefficient (Wildman–Crippen LogP) is 2.69. The minimum absolute atomic E-state index is 0.230. The highest BCUT2D eigenvalue weighted by atomic mass is 32.1. The van der Waals surface area contributed by atoms with Crippen molar-refractivity contribution in [1.82, 2.24) is 10.2 Å². The molecule has 0 saturated carbocycles. The van der Waals surface area contributed by atoms with E-state index in [9.17, 15) is 9.18 Å². The van der Waals surface area contributed by atoms with E-state index in [1.54, 1.807) is 12.1 Å². The number of nitrogens with one attached hydrogen (secondary N) is 1. The molecule has 21 heavy (non-hydrogen) atoms. The Hall–Kier alpha value is -1.66. The summed E-state index contributed by atoms with van der Waals surface area (Å²) in [4.78, 5) is 14.8. The molecule has 0 unspecified atom stereocenters. The highest BCUT2D eigenvalue weighted by Gasteiger charge is 2.18. The standard InChI is InChI=1S/C15H20FN3OS/c1-3-19(4-2)9-8-18-15(20)14-13(17)12-10(16)6-5-7-11(12)21-14/h5-7H,3-4,8-9,17H2,1-2H3,(H,18,20). The Morgan fingerprint density at radius 1 is 1.38 bits per heavy atom. The molecule has 2 aromatic rings. The van der Waals surface area contributed by atoms with Crippen LogP contribution in [-0.4, -0.2) is 37.0 Å². The molecular formula is C15H20FN3OS. The van der Waals surface area contributed by atoms with Gasteiger partial charge in [-0.15, -0.1) is 11.3 Å². The van der Waals surface area contributed by atoms with Crippen molar-refractivity contribution in [3.8, 4) is 0 Å². The smallest absolute Gasteiger partial charge is 0.263 e. The van der Waals surface area contributed by atoms with Crippen molar-refractivity contribution in [2.24, 2.45) is 0 Å². The van der Waals surface area contributed by atoms with Gasteiger partial charge in [0.2, 0.25) is 0 Å². The Kier molecular flexibility index (Phi) is 5.14. The van der Waals surface area contributed by atoms with Crippen molar-refractivity contribution in [1.29, 1.82) is 0 Å². The summed E-state index contributed by atoms with van der Waals surface area (Å²) < 4.78 is 14.5. The molecule has 1 amide bonds. The number of carbonyl (C=O) groups is 1. The van der Waals surface area contributed by atoms with E-state index >= 15 is 0 Å². The van der Waals surface area contributed by atoms with Gasteiger partial charge >= 0.3 is 0 Å². The minimum Gasteiger partial charge on any atom is -0.397 e. The number of hydrogen-bond donors (Lipinski definition) is 2. The van der Waals surface area contributed by atoms with Gasteiger partial charge in [-0.2, -0.15) is 0 Å². The number of anilines is 1. The van der Waals surface area contributed by atoms with Crippen molar-refractivity contribution in [3.05, 3.63) is 28.9 Å². The Balaban J connectivity index is 2.10. The minimum atomic E-state index is -0.386. The molecule has 0 saturated heterocycles. The largest absolute Gasteiger partial charge is 0.397 e. The van der Waals surface area contributed by atoms with Crippen LogP contribution in [0.4, 0.5) is 10.1 Å². The average Bonchev–Trinajstić information content (AvgIpc) is 2.82. The Morgan fingerprint density at radius 3 is 2.71 bits per heavy atom. The van der Waals surface area contributed by atoms with Gasteiger partial charge < -0.3 is 16.0 Å². The van der Waals surface area contributed by atoms with Crippen LogP contribution in [0.15, 0.2) is 18.2 Å². The highest BCUT2D eigenvalue weighted by Crippen LogP contribution is 2.35. The molecule has 0 atom stereocenters. The van der Waals surface area contributed by atoms with Crippen molar-refractivity contribution >= 4 is 33.0 Å². The second-order valence-electron chi connectivity index (χ2n) is 4.74. The van der Waals surface area contributed by atoms with Crippen LogP contribution in [0.25, 0.3) is 10.1 Å². The highest BCUT2D eigenvalue weighted by molar-refractivity contribution is 7.21. The summed E-state index contributed by atoms with van der Waals surface area (Å²) >= 11 is 1.23. The molecule has 0 aliphatic heterocycles. The van der Waals surface area contributed by atoms with Crippen LogP contribution in [0.5, 0.6) is 0 Å². The summed E-state index contributed by atoms with van der Waals surface area (Å²) in [6.45, 7) is 7.40. The zero-order valence-electron chi connectivity index (χ0n) is 12.3. The lowest BCUT2D eigenvalue weighted by atomic mass is 10.2. The molecule has 4 nitrogen and oxygen atoms in total. The van der Waals surface area contributed by atoms with Gasteiger partial charge in [0.05, 0.1) is 11.1 Å². The van der Waals surface area contributed by atoms with Crippen LogP contribution in [0.2, 0.25) is 0 Å². The summed E-state index contributed by atoms with van der Waals surface area (Å²) in [5.41, 5.74) is 6.15. The maximum Gasteiger partial charge on any atom is 0.263 e. The summed E-state index contributed by atoms with van der Waals surface area (Å²) in [6, 6.07) is 4.75. The number of halogens is 1. The molecule has 0 aliphatic rings. The molecule has 0 aliphatic carbocycles.